The SMILES string of the molecule is Cc1ccc(C(=O)N2CCCCC2)cc1[N+](=O)[O-]. The van der Waals surface area contributed by atoms with Crippen molar-refractivity contribution in [1.29, 1.82) is 0 Å². The van der Waals surface area contributed by atoms with Crippen molar-refractivity contribution in [1.82, 2.24) is 4.90 Å². The van der Waals surface area contributed by atoms with E-state index in [1.54, 1.807) is 24.0 Å². The number of nitro benzene ring substituents is 1. The minimum atomic E-state index is -0.442. The van der Waals surface area contributed by atoms with Gasteiger partial charge in [-0.05, 0) is 32.3 Å². The third-order valence-corrected chi connectivity index (χ3v) is 3.30. The lowest BCUT2D eigenvalue weighted by atomic mass is 10.1. The molecular weight excluding hydrogens is 232 g/mol. The predicted octanol–water partition coefficient (Wildman–Crippen LogP) is 2.53. The first-order chi connectivity index (χ1) is 8.59. The number of amides is 1. The number of nitro groups is 1. The molecule has 1 aromatic rings. The minimum absolute atomic E-state index is 0.0119. The number of carbonyl (C=O) groups excluding carboxylic acids is 1. The van der Waals surface area contributed by atoms with Crippen LogP contribution in [0.15, 0.2) is 18.2 Å². The number of piperidine rings is 1. The van der Waals surface area contributed by atoms with E-state index in [0.29, 0.717) is 11.1 Å². The van der Waals surface area contributed by atoms with Crippen LogP contribution in [-0.2, 0) is 0 Å². The van der Waals surface area contributed by atoms with Crippen LogP contribution in [0.5, 0.6) is 0 Å². The number of likely N-dealkylation sites (tertiary alicyclic amines) is 1. The van der Waals surface area contributed by atoms with Gasteiger partial charge in [0.15, 0.2) is 0 Å². The zero-order chi connectivity index (χ0) is 13.1. The van der Waals surface area contributed by atoms with Crippen LogP contribution in [0.3, 0.4) is 0 Å². The molecule has 96 valence electrons. The molecule has 1 heterocycles. The van der Waals surface area contributed by atoms with Gasteiger partial charge in [-0.2, -0.15) is 0 Å². The number of aryl methyl sites for hydroxylation is 1. The summed E-state index contributed by atoms with van der Waals surface area (Å²) in [7, 11) is 0. The Balaban J connectivity index is 2.24. The Morgan fingerprint density at radius 1 is 1.28 bits per heavy atom. The first-order valence-electron chi connectivity index (χ1n) is 6.14. The summed E-state index contributed by atoms with van der Waals surface area (Å²) in [6.45, 7) is 3.17. The fourth-order valence-electron chi connectivity index (χ4n) is 2.22. The Labute approximate surface area is 106 Å². The Morgan fingerprint density at radius 2 is 1.94 bits per heavy atom. The summed E-state index contributed by atoms with van der Waals surface area (Å²) < 4.78 is 0. The van der Waals surface area contributed by atoms with Gasteiger partial charge >= 0.3 is 0 Å². The Morgan fingerprint density at radius 3 is 2.56 bits per heavy atom. The van der Waals surface area contributed by atoms with Crippen LogP contribution in [0.2, 0.25) is 0 Å². The Hall–Kier alpha value is -1.91. The Kier molecular flexibility index (Phi) is 3.60. The van der Waals surface area contributed by atoms with Crippen molar-refractivity contribution in [2.75, 3.05) is 13.1 Å². The highest BCUT2D eigenvalue weighted by molar-refractivity contribution is 5.95. The molecular formula is C13H16N2O3. The van der Waals surface area contributed by atoms with Crippen LogP contribution in [0, 0.1) is 17.0 Å². The maximum absolute atomic E-state index is 12.2. The summed E-state index contributed by atoms with van der Waals surface area (Å²) in [6.07, 6.45) is 3.18. The van der Waals surface area contributed by atoms with Crippen molar-refractivity contribution in [2.45, 2.75) is 26.2 Å². The number of nitrogens with zero attached hydrogens (tertiary/aromatic N) is 2. The van der Waals surface area contributed by atoms with E-state index in [1.165, 1.54) is 6.07 Å². The molecule has 5 heteroatoms. The van der Waals surface area contributed by atoms with Gasteiger partial charge in [0.05, 0.1) is 4.92 Å². The molecule has 0 spiro atoms. The van der Waals surface area contributed by atoms with E-state index in [9.17, 15) is 14.9 Å². The number of benzene rings is 1. The molecule has 0 atom stereocenters. The first kappa shape index (κ1) is 12.5. The second kappa shape index (κ2) is 5.16. The summed E-state index contributed by atoms with van der Waals surface area (Å²) in [4.78, 5) is 24.4. The van der Waals surface area contributed by atoms with E-state index in [0.717, 1.165) is 32.4 Å². The van der Waals surface area contributed by atoms with Gasteiger partial charge in [-0.25, -0.2) is 0 Å². The van der Waals surface area contributed by atoms with Crippen LogP contribution >= 0.6 is 0 Å². The van der Waals surface area contributed by atoms with Crippen molar-refractivity contribution >= 4 is 11.6 Å². The molecule has 0 N–H and O–H groups in total. The van der Waals surface area contributed by atoms with E-state index in [1.807, 2.05) is 0 Å². The number of rotatable bonds is 2. The number of carbonyl (C=O) groups is 1. The van der Waals surface area contributed by atoms with Gasteiger partial charge in [-0.3, -0.25) is 14.9 Å². The zero-order valence-electron chi connectivity index (χ0n) is 10.4. The average Bonchev–Trinajstić information content (AvgIpc) is 2.39. The lowest BCUT2D eigenvalue weighted by Gasteiger charge is -2.26. The molecule has 1 fully saturated rings. The number of hydrogen-bond donors (Lipinski definition) is 0. The molecule has 0 bridgehead atoms. The summed E-state index contributed by atoms with van der Waals surface area (Å²) in [5, 5.41) is 10.9. The lowest BCUT2D eigenvalue weighted by molar-refractivity contribution is -0.385. The molecule has 0 saturated carbocycles. The van der Waals surface area contributed by atoms with Crippen molar-refractivity contribution < 1.29 is 9.72 Å². The third-order valence-electron chi connectivity index (χ3n) is 3.30. The average molecular weight is 248 g/mol. The first-order valence-corrected chi connectivity index (χ1v) is 6.14. The van der Waals surface area contributed by atoms with E-state index < -0.39 is 4.92 Å². The van der Waals surface area contributed by atoms with Crippen LogP contribution in [0.1, 0.15) is 35.2 Å². The topological polar surface area (TPSA) is 63.5 Å². The molecule has 5 nitrogen and oxygen atoms in total. The highest BCUT2D eigenvalue weighted by Gasteiger charge is 2.21. The van der Waals surface area contributed by atoms with Crippen molar-refractivity contribution in [3.63, 3.8) is 0 Å². The van der Waals surface area contributed by atoms with Crippen LogP contribution < -0.4 is 0 Å². The van der Waals surface area contributed by atoms with E-state index in [4.69, 9.17) is 0 Å². The molecule has 1 saturated heterocycles. The molecule has 1 amide bonds. The highest BCUT2D eigenvalue weighted by Crippen LogP contribution is 2.21. The minimum Gasteiger partial charge on any atom is -0.339 e. The maximum atomic E-state index is 12.2. The highest BCUT2D eigenvalue weighted by atomic mass is 16.6. The monoisotopic (exact) mass is 248 g/mol. The smallest absolute Gasteiger partial charge is 0.273 e. The van der Waals surface area contributed by atoms with Crippen molar-refractivity contribution in [3.8, 4) is 0 Å². The predicted molar refractivity (Wildman–Crippen MR) is 67.6 cm³/mol. The largest absolute Gasteiger partial charge is 0.339 e. The molecule has 18 heavy (non-hydrogen) atoms. The second-order valence-corrected chi connectivity index (χ2v) is 4.61. The quantitative estimate of drug-likeness (QED) is 0.596. The second-order valence-electron chi connectivity index (χ2n) is 4.61. The van der Waals surface area contributed by atoms with Crippen LogP contribution in [-0.4, -0.2) is 28.8 Å². The van der Waals surface area contributed by atoms with E-state index in [-0.39, 0.29) is 11.6 Å². The van der Waals surface area contributed by atoms with E-state index >= 15 is 0 Å². The molecule has 2 rings (SSSR count). The molecule has 0 unspecified atom stereocenters. The normalized spacial score (nSPS) is 15.5. The van der Waals surface area contributed by atoms with Gasteiger partial charge in [0.2, 0.25) is 0 Å². The van der Waals surface area contributed by atoms with E-state index in [2.05, 4.69) is 0 Å². The molecule has 1 aliphatic heterocycles. The standard InChI is InChI=1S/C13H16N2O3/c1-10-5-6-11(9-12(10)15(17)18)13(16)14-7-3-2-4-8-14/h5-6,9H,2-4,7-8H2,1H3. The summed E-state index contributed by atoms with van der Waals surface area (Å²) in [5.74, 6) is -0.0993. The number of hydrogen-bond acceptors (Lipinski definition) is 3. The summed E-state index contributed by atoms with van der Waals surface area (Å²) in [5.41, 5.74) is 1.00. The summed E-state index contributed by atoms with van der Waals surface area (Å²) >= 11 is 0. The fraction of sp³-hybridized carbons (Fsp3) is 0.462. The van der Waals surface area contributed by atoms with Gasteiger partial charge < -0.3 is 4.90 Å². The van der Waals surface area contributed by atoms with Gasteiger partial charge in [-0.15, -0.1) is 0 Å². The molecule has 0 aliphatic carbocycles. The Bertz CT molecular complexity index is 479. The third kappa shape index (κ3) is 2.50. The van der Waals surface area contributed by atoms with Crippen LogP contribution in [0.4, 0.5) is 5.69 Å². The van der Waals surface area contributed by atoms with Gasteiger partial charge in [0, 0.05) is 30.3 Å². The van der Waals surface area contributed by atoms with Gasteiger partial charge in [0.1, 0.15) is 0 Å². The lowest BCUT2D eigenvalue weighted by Crippen LogP contribution is -2.35. The van der Waals surface area contributed by atoms with Crippen LogP contribution in [0.25, 0.3) is 0 Å². The molecule has 1 aliphatic rings. The fourth-order valence-corrected chi connectivity index (χ4v) is 2.22. The molecule has 1 aromatic carbocycles. The van der Waals surface area contributed by atoms with Gasteiger partial charge in [-0.1, -0.05) is 6.07 Å². The maximum Gasteiger partial charge on any atom is 0.273 e. The van der Waals surface area contributed by atoms with Crippen molar-refractivity contribution in [3.05, 3.63) is 39.4 Å². The molecule has 0 radical (unpaired) electrons. The van der Waals surface area contributed by atoms with Gasteiger partial charge in [0.25, 0.3) is 11.6 Å². The molecule has 0 aromatic heterocycles. The zero-order valence-corrected chi connectivity index (χ0v) is 10.4. The summed E-state index contributed by atoms with van der Waals surface area (Å²) in [6, 6.07) is 4.68. The van der Waals surface area contributed by atoms with Crippen molar-refractivity contribution in [2.24, 2.45) is 0 Å².